The SMILES string of the molecule is CN=C(NN)Nc1ccccc1COC. The molecule has 0 aliphatic rings. The Bertz CT molecular complexity index is 338. The van der Waals surface area contributed by atoms with Crippen LogP contribution >= 0.6 is 0 Å². The second kappa shape index (κ2) is 6.00. The molecule has 0 unspecified atom stereocenters. The van der Waals surface area contributed by atoms with E-state index in [1.807, 2.05) is 24.3 Å². The quantitative estimate of drug-likeness (QED) is 0.296. The molecule has 5 heteroatoms. The van der Waals surface area contributed by atoms with Gasteiger partial charge in [-0.05, 0) is 6.07 Å². The first-order valence-corrected chi connectivity index (χ1v) is 4.59. The Hall–Kier alpha value is -1.59. The van der Waals surface area contributed by atoms with Crippen molar-refractivity contribution in [3.8, 4) is 0 Å². The number of aliphatic imine (C=N–C) groups is 1. The number of hydrazine groups is 1. The molecule has 0 saturated heterocycles. The number of methoxy groups -OCH3 is 1. The number of guanidine groups is 1. The normalized spacial score (nSPS) is 11.3. The van der Waals surface area contributed by atoms with Crippen molar-refractivity contribution in [3.63, 3.8) is 0 Å². The lowest BCUT2D eigenvalue weighted by Gasteiger charge is -2.12. The summed E-state index contributed by atoms with van der Waals surface area (Å²) in [6, 6.07) is 7.82. The van der Waals surface area contributed by atoms with Crippen LogP contribution in [0.4, 0.5) is 5.69 Å². The Morgan fingerprint density at radius 2 is 2.20 bits per heavy atom. The number of ether oxygens (including phenoxy) is 1. The Morgan fingerprint density at radius 3 is 2.80 bits per heavy atom. The monoisotopic (exact) mass is 208 g/mol. The van der Waals surface area contributed by atoms with Crippen molar-refractivity contribution in [1.82, 2.24) is 5.43 Å². The maximum Gasteiger partial charge on any atom is 0.209 e. The number of nitrogens with one attached hydrogen (secondary N) is 2. The van der Waals surface area contributed by atoms with E-state index in [9.17, 15) is 0 Å². The predicted octanol–water partition coefficient (Wildman–Crippen LogP) is 0.694. The van der Waals surface area contributed by atoms with Crippen molar-refractivity contribution in [2.75, 3.05) is 19.5 Å². The van der Waals surface area contributed by atoms with Crippen LogP contribution in [0.25, 0.3) is 0 Å². The van der Waals surface area contributed by atoms with E-state index in [4.69, 9.17) is 10.6 Å². The minimum Gasteiger partial charge on any atom is -0.380 e. The van der Waals surface area contributed by atoms with Crippen LogP contribution in [0.5, 0.6) is 0 Å². The minimum absolute atomic E-state index is 0.513. The highest BCUT2D eigenvalue weighted by atomic mass is 16.5. The molecule has 0 saturated carbocycles. The number of benzene rings is 1. The molecular weight excluding hydrogens is 192 g/mol. The third-order valence-corrected chi connectivity index (χ3v) is 1.93. The molecule has 0 aromatic heterocycles. The zero-order valence-corrected chi connectivity index (χ0v) is 8.95. The zero-order chi connectivity index (χ0) is 11.1. The summed E-state index contributed by atoms with van der Waals surface area (Å²) in [5.74, 6) is 5.79. The van der Waals surface area contributed by atoms with Crippen LogP contribution in [0, 0.1) is 0 Å². The fraction of sp³-hybridized carbons (Fsp3) is 0.300. The summed E-state index contributed by atoms with van der Waals surface area (Å²) >= 11 is 0. The van der Waals surface area contributed by atoms with Gasteiger partial charge < -0.3 is 10.1 Å². The van der Waals surface area contributed by atoms with Crippen LogP contribution in [0.2, 0.25) is 0 Å². The molecule has 4 N–H and O–H groups in total. The van der Waals surface area contributed by atoms with Crippen molar-refractivity contribution >= 4 is 11.6 Å². The minimum atomic E-state index is 0.513. The molecule has 82 valence electrons. The van der Waals surface area contributed by atoms with Crippen LogP contribution in [-0.4, -0.2) is 20.1 Å². The van der Waals surface area contributed by atoms with Crippen LogP contribution in [-0.2, 0) is 11.3 Å². The summed E-state index contributed by atoms with van der Waals surface area (Å²) in [5.41, 5.74) is 4.45. The maximum absolute atomic E-state index is 5.28. The number of hydrogen-bond acceptors (Lipinski definition) is 3. The molecule has 5 nitrogen and oxygen atoms in total. The summed E-state index contributed by atoms with van der Waals surface area (Å²) in [4.78, 5) is 3.93. The Labute approximate surface area is 89.3 Å². The van der Waals surface area contributed by atoms with Gasteiger partial charge in [-0.1, -0.05) is 18.2 Å². The summed E-state index contributed by atoms with van der Waals surface area (Å²) in [6.07, 6.45) is 0. The van der Waals surface area contributed by atoms with E-state index in [1.54, 1.807) is 14.2 Å². The van der Waals surface area contributed by atoms with E-state index in [0.29, 0.717) is 12.6 Å². The van der Waals surface area contributed by atoms with Crippen molar-refractivity contribution in [1.29, 1.82) is 0 Å². The molecule has 0 aliphatic heterocycles. The molecule has 0 atom stereocenters. The Morgan fingerprint density at radius 1 is 1.47 bits per heavy atom. The fourth-order valence-electron chi connectivity index (χ4n) is 1.21. The molecule has 0 spiro atoms. The van der Waals surface area contributed by atoms with Crippen LogP contribution < -0.4 is 16.6 Å². The van der Waals surface area contributed by atoms with Crippen molar-refractivity contribution < 1.29 is 4.74 Å². The number of rotatable bonds is 3. The lowest BCUT2D eigenvalue weighted by molar-refractivity contribution is 0.185. The van der Waals surface area contributed by atoms with Gasteiger partial charge in [-0.15, -0.1) is 0 Å². The van der Waals surface area contributed by atoms with E-state index in [1.165, 1.54) is 0 Å². The highest BCUT2D eigenvalue weighted by molar-refractivity contribution is 5.93. The van der Waals surface area contributed by atoms with Gasteiger partial charge in [-0.2, -0.15) is 0 Å². The predicted molar refractivity (Wildman–Crippen MR) is 61.5 cm³/mol. The van der Waals surface area contributed by atoms with Gasteiger partial charge >= 0.3 is 0 Å². The van der Waals surface area contributed by atoms with Gasteiger partial charge in [-0.3, -0.25) is 10.4 Å². The van der Waals surface area contributed by atoms with Gasteiger partial charge in [-0.25, -0.2) is 5.84 Å². The van der Waals surface area contributed by atoms with E-state index in [2.05, 4.69) is 15.7 Å². The van der Waals surface area contributed by atoms with E-state index in [-0.39, 0.29) is 0 Å². The third kappa shape index (κ3) is 3.23. The van der Waals surface area contributed by atoms with Crippen molar-refractivity contribution in [2.45, 2.75) is 6.61 Å². The molecule has 0 aliphatic carbocycles. The molecular formula is C10H16N4O. The highest BCUT2D eigenvalue weighted by Gasteiger charge is 2.02. The summed E-state index contributed by atoms with van der Waals surface area (Å²) in [5, 5.41) is 3.07. The average Bonchev–Trinajstić information content (AvgIpc) is 2.28. The molecule has 0 amide bonds. The van der Waals surface area contributed by atoms with Gasteiger partial charge in [0.1, 0.15) is 0 Å². The van der Waals surface area contributed by atoms with Crippen LogP contribution in [0.15, 0.2) is 29.3 Å². The van der Waals surface area contributed by atoms with E-state index < -0.39 is 0 Å². The van der Waals surface area contributed by atoms with Gasteiger partial charge in [0.15, 0.2) is 0 Å². The number of nitrogens with zero attached hydrogens (tertiary/aromatic N) is 1. The second-order valence-corrected chi connectivity index (χ2v) is 2.93. The number of hydrogen-bond donors (Lipinski definition) is 3. The Balaban J connectivity index is 2.83. The topological polar surface area (TPSA) is 71.7 Å². The fourth-order valence-corrected chi connectivity index (χ4v) is 1.21. The van der Waals surface area contributed by atoms with Crippen molar-refractivity contribution in [3.05, 3.63) is 29.8 Å². The summed E-state index contributed by atoms with van der Waals surface area (Å²) in [6.45, 7) is 0.546. The van der Waals surface area contributed by atoms with Crippen LogP contribution in [0.1, 0.15) is 5.56 Å². The van der Waals surface area contributed by atoms with E-state index in [0.717, 1.165) is 11.3 Å². The number of para-hydroxylation sites is 1. The maximum atomic E-state index is 5.28. The van der Waals surface area contributed by atoms with Crippen LogP contribution in [0.3, 0.4) is 0 Å². The molecule has 0 bridgehead atoms. The summed E-state index contributed by atoms with van der Waals surface area (Å²) < 4.78 is 5.09. The lowest BCUT2D eigenvalue weighted by atomic mass is 10.2. The molecule has 0 heterocycles. The molecule has 1 rings (SSSR count). The molecule has 1 aromatic carbocycles. The largest absolute Gasteiger partial charge is 0.380 e. The first kappa shape index (κ1) is 11.5. The smallest absolute Gasteiger partial charge is 0.209 e. The standard InChI is InChI=1S/C10H16N4O/c1-12-10(14-11)13-9-6-4-3-5-8(9)7-15-2/h3-6H,7,11H2,1-2H3,(H2,12,13,14). The molecule has 15 heavy (non-hydrogen) atoms. The molecule has 0 fully saturated rings. The number of anilines is 1. The molecule has 0 radical (unpaired) electrons. The highest BCUT2D eigenvalue weighted by Crippen LogP contribution is 2.15. The first-order chi connectivity index (χ1) is 7.31. The summed E-state index contributed by atoms with van der Waals surface area (Å²) in [7, 11) is 3.31. The van der Waals surface area contributed by atoms with Gasteiger partial charge in [0.2, 0.25) is 5.96 Å². The zero-order valence-electron chi connectivity index (χ0n) is 8.95. The molecule has 1 aromatic rings. The van der Waals surface area contributed by atoms with Gasteiger partial charge in [0.05, 0.1) is 6.61 Å². The van der Waals surface area contributed by atoms with Crippen molar-refractivity contribution in [2.24, 2.45) is 10.8 Å². The third-order valence-electron chi connectivity index (χ3n) is 1.93. The second-order valence-electron chi connectivity index (χ2n) is 2.93. The average molecular weight is 208 g/mol. The first-order valence-electron chi connectivity index (χ1n) is 4.59. The van der Waals surface area contributed by atoms with Gasteiger partial charge in [0.25, 0.3) is 0 Å². The van der Waals surface area contributed by atoms with Gasteiger partial charge in [0, 0.05) is 25.4 Å². The lowest BCUT2D eigenvalue weighted by Crippen LogP contribution is -2.36. The number of nitrogens with two attached hydrogens (primary N) is 1. The Kier molecular flexibility index (Phi) is 4.59. The van der Waals surface area contributed by atoms with E-state index >= 15 is 0 Å².